The molecule has 106 valence electrons. The van der Waals surface area contributed by atoms with Crippen molar-refractivity contribution in [1.82, 2.24) is 4.98 Å². The van der Waals surface area contributed by atoms with Gasteiger partial charge >= 0.3 is 0 Å². The lowest BCUT2D eigenvalue weighted by molar-refractivity contribution is 0.591. The van der Waals surface area contributed by atoms with Crippen molar-refractivity contribution < 1.29 is 0 Å². The first-order valence-electron chi connectivity index (χ1n) is 7.25. The van der Waals surface area contributed by atoms with Crippen LogP contribution in [0.1, 0.15) is 26.3 Å². The first kappa shape index (κ1) is 13.6. The standard InChI is InChI=1S/C19H20N2/c1-19(2,3)16-9-7-15-13-17(10-8-14(15)12-16)21-18-6-4-5-11-20-18/h4-13H,1-3H3,(H,20,21). The number of hydrogen-bond donors (Lipinski definition) is 1. The third kappa shape index (κ3) is 3.05. The molecule has 0 bridgehead atoms. The zero-order chi connectivity index (χ0) is 14.9. The molecule has 0 radical (unpaired) electrons. The Morgan fingerprint density at radius 3 is 2.33 bits per heavy atom. The van der Waals surface area contributed by atoms with Crippen molar-refractivity contribution >= 4 is 22.3 Å². The highest BCUT2D eigenvalue weighted by atomic mass is 15.0. The van der Waals surface area contributed by atoms with Crippen LogP contribution in [0.4, 0.5) is 11.5 Å². The van der Waals surface area contributed by atoms with Gasteiger partial charge in [0.05, 0.1) is 0 Å². The molecule has 2 nitrogen and oxygen atoms in total. The van der Waals surface area contributed by atoms with Gasteiger partial charge in [0, 0.05) is 11.9 Å². The molecule has 0 saturated carbocycles. The van der Waals surface area contributed by atoms with Crippen LogP contribution < -0.4 is 5.32 Å². The molecule has 0 spiro atoms. The van der Waals surface area contributed by atoms with E-state index in [1.807, 2.05) is 18.2 Å². The number of aromatic nitrogens is 1. The van der Waals surface area contributed by atoms with Crippen LogP contribution in [0.15, 0.2) is 60.8 Å². The summed E-state index contributed by atoms with van der Waals surface area (Å²) < 4.78 is 0. The van der Waals surface area contributed by atoms with Crippen molar-refractivity contribution in [3.8, 4) is 0 Å². The summed E-state index contributed by atoms with van der Waals surface area (Å²) in [4.78, 5) is 4.29. The number of benzene rings is 2. The lowest BCUT2D eigenvalue weighted by Crippen LogP contribution is -2.10. The first-order valence-corrected chi connectivity index (χ1v) is 7.25. The third-order valence-corrected chi connectivity index (χ3v) is 3.64. The van der Waals surface area contributed by atoms with Crippen LogP contribution in [-0.2, 0) is 5.41 Å². The minimum Gasteiger partial charge on any atom is -0.340 e. The molecule has 3 rings (SSSR count). The number of fused-ring (bicyclic) bond motifs is 1. The normalized spacial score (nSPS) is 11.6. The Morgan fingerprint density at radius 1 is 0.857 bits per heavy atom. The zero-order valence-corrected chi connectivity index (χ0v) is 12.7. The Balaban J connectivity index is 1.94. The number of nitrogens with one attached hydrogen (secondary N) is 1. The molecule has 0 aliphatic carbocycles. The van der Waals surface area contributed by atoms with Crippen molar-refractivity contribution in [1.29, 1.82) is 0 Å². The smallest absolute Gasteiger partial charge is 0.130 e. The fourth-order valence-electron chi connectivity index (χ4n) is 2.37. The van der Waals surface area contributed by atoms with Crippen LogP contribution in [-0.4, -0.2) is 4.98 Å². The minimum absolute atomic E-state index is 0.180. The molecular weight excluding hydrogens is 256 g/mol. The zero-order valence-electron chi connectivity index (χ0n) is 12.7. The lowest BCUT2D eigenvalue weighted by Gasteiger charge is -2.19. The largest absolute Gasteiger partial charge is 0.340 e. The maximum absolute atomic E-state index is 4.29. The van der Waals surface area contributed by atoms with E-state index in [0.717, 1.165) is 11.5 Å². The molecule has 2 heteroatoms. The van der Waals surface area contributed by atoms with Gasteiger partial charge in [-0.05, 0) is 46.0 Å². The Kier molecular flexibility index (Phi) is 3.38. The van der Waals surface area contributed by atoms with Gasteiger partial charge in [-0.3, -0.25) is 0 Å². The van der Waals surface area contributed by atoms with Gasteiger partial charge in [0.25, 0.3) is 0 Å². The Morgan fingerprint density at radius 2 is 1.62 bits per heavy atom. The van der Waals surface area contributed by atoms with E-state index < -0.39 is 0 Å². The topological polar surface area (TPSA) is 24.9 Å². The molecule has 1 heterocycles. The summed E-state index contributed by atoms with van der Waals surface area (Å²) in [7, 11) is 0. The van der Waals surface area contributed by atoms with Crippen LogP contribution >= 0.6 is 0 Å². The molecular formula is C19H20N2. The van der Waals surface area contributed by atoms with Crippen LogP contribution in [0, 0.1) is 0 Å². The van der Waals surface area contributed by atoms with E-state index in [1.165, 1.54) is 16.3 Å². The number of rotatable bonds is 2. The van der Waals surface area contributed by atoms with Gasteiger partial charge in [0.2, 0.25) is 0 Å². The molecule has 1 aromatic heterocycles. The van der Waals surface area contributed by atoms with E-state index in [1.54, 1.807) is 6.20 Å². The highest BCUT2D eigenvalue weighted by Crippen LogP contribution is 2.28. The van der Waals surface area contributed by atoms with E-state index in [-0.39, 0.29) is 5.41 Å². The molecule has 3 aromatic rings. The average molecular weight is 276 g/mol. The molecule has 0 amide bonds. The van der Waals surface area contributed by atoms with Crippen molar-refractivity contribution in [2.45, 2.75) is 26.2 Å². The second-order valence-corrected chi connectivity index (χ2v) is 6.37. The molecule has 0 fully saturated rings. The first-order chi connectivity index (χ1) is 10.0. The molecule has 0 aliphatic heterocycles. The SMILES string of the molecule is CC(C)(C)c1ccc2cc(Nc3ccccn3)ccc2c1. The Labute approximate surface area is 125 Å². The predicted octanol–water partition coefficient (Wildman–Crippen LogP) is 5.28. The molecule has 0 aliphatic rings. The van der Waals surface area contributed by atoms with E-state index >= 15 is 0 Å². The van der Waals surface area contributed by atoms with E-state index in [2.05, 4.69) is 67.5 Å². The summed E-state index contributed by atoms with van der Waals surface area (Å²) in [5.41, 5.74) is 2.60. The third-order valence-electron chi connectivity index (χ3n) is 3.64. The number of hydrogen-bond acceptors (Lipinski definition) is 2. The fraction of sp³-hybridized carbons (Fsp3) is 0.211. The van der Waals surface area contributed by atoms with Crippen LogP contribution in [0.3, 0.4) is 0 Å². The quantitative estimate of drug-likeness (QED) is 0.689. The average Bonchev–Trinajstić information content (AvgIpc) is 2.47. The number of nitrogens with zero attached hydrogens (tertiary/aromatic N) is 1. The number of anilines is 2. The Hall–Kier alpha value is -2.35. The van der Waals surface area contributed by atoms with E-state index in [4.69, 9.17) is 0 Å². The van der Waals surface area contributed by atoms with Crippen LogP contribution in [0.5, 0.6) is 0 Å². The summed E-state index contributed by atoms with van der Waals surface area (Å²) in [5.74, 6) is 0.864. The molecule has 0 atom stereocenters. The summed E-state index contributed by atoms with van der Waals surface area (Å²) in [6.07, 6.45) is 1.79. The van der Waals surface area contributed by atoms with Gasteiger partial charge in [-0.15, -0.1) is 0 Å². The fourth-order valence-corrected chi connectivity index (χ4v) is 2.37. The summed E-state index contributed by atoms with van der Waals surface area (Å²) >= 11 is 0. The van der Waals surface area contributed by atoms with E-state index in [9.17, 15) is 0 Å². The summed E-state index contributed by atoms with van der Waals surface area (Å²) in [6, 6.07) is 19.0. The van der Waals surface area contributed by atoms with Crippen LogP contribution in [0.2, 0.25) is 0 Å². The van der Waals surface area contributed by atoms with Gasteiger partial charge in [0.15, 0.2) is 0 Å². The van der Waals surface area contributed by atoms with Gasteiger partial charge in [-0.1, -0.05) is 51.1 Å². The molecule has 2 aromatic carbocycles. The monoisotopic (exact) mass is 276 g/mol. The van der Waals surface area contributed by atoms with Gasteiger partial charge in [0.1, 0.15) is 5.82 Å². The molecule has 0 unspecified atom stereocenters. The summed E-state index contributed by atoms with van der Waals surface area (Å²) in [6.45, 7) is 6.72. The van der Waals surface area contributed by atoms with Crippen molar-refractivity contribution in [2.24, 2.45) is 0 Å². The summed E-state index contributed by atoms with van der Waals surface area (Å²) in [5, 5.41) is 5.84. The maximum Gasteiger partial charge on any atom is 0.130 e. The lowest BCUT2D eigenvalue weighted by atomic mass is 9.86. The molecule has 21 heavy (non-hydrogen) atoms. The molecule has 0 saturated heterocycles. The highest BCUT2D eigenvalue weighted by Gasteiger charge is 2.13. The van der Waals surface area contributed by atoms with Gasteiger partial charge < -0.3 is 5.32 Å². The maximum atomic E-state index is 4.29. The highest BCUT2D eigenvalue weighted by molar-refractivity contribution is 5.87. The second kappa shape index (κ2) is 5.21. The Bertz CT molecular complexity index is 755. The van der Waals surface area contributed by atoms with Crippen molar-refractivity contribution in [3.05, 3.63) is 66.4 Å². The second-order valence-electron chi connectivity index (χ2n) is 6.37. The van der Waals surface area contributed by atoms with E-state index in [0.29, 0.717) is 0 Å². The minimum atomic E-state index is 0.180. The molecule has 1 N–H and O–H groups in total. The van der Waals surface area contributed by atoms with Crippen molar-refractivity contribution in [3.63, 3.8) is 0 Å². The van der Waals surface area contributed by atoms with Crippen LogP contribution in [0.25, 0.3) is 10.8 Å². The van der Waals surface area contributed by atoms with Gasteiger partial charge in [-0.25, -0.2) is 4.98 Å². The predicted molar refractivity (Wildman–Crippen MR) is 90.2 cm³/mol. The number of pyridine rings is 1. The van der Waals surface area contributed by atoms with Crippen molar-refractivity contribution in [2.75, 3.05) is 5.32 Å². The van der Waals surface area contributed by atoms with Gasteiger partial charge in [-0.2, -0.15) is 0 Å².